The zero-order valence-corrected chi connectivity index (χ0v) is 31.7. The molecule has 0 heterocycles. The van der Waals surface area contributed by atoms with Crippen molar-refractivity contribution in [1.82, 2.24) is 0 Å². The summed E-state index contributed by atoms with van der Waals surface area (Å²) >= 11 is 12.6. The molecule has 0 aromatic rings. The fraction of sp³-hybridized carbons (Fsp3) is 1.00. The Balaban J connectivity index is -0.000000569. The van der Waals surface area contributed by atoms with E-state index in [1.165, 1.54) is 48.4 Å². The van der Waals surface area contributed by atoms with Crippen LogP contribution < -0.4 is 9.79 Å². The van der Waals surface area contributed by atoms with Crippen LogP contribution in [-0.4, -0.2) is 24.7 Å². The second kappa shape index (κ2) is 25.4. The van der Waals surface area contributed by atoms with Crippen molar-refractivity contribution < 1.29 is 38.3 Å². The van der Waals surface area contributed by atoms with Crippen LogP contribution in [0.4, 0.5) is 0 Å². The third-order valence-electron chi connectivity index (χ3n) is 4.48. The van der Waals surface area contributed by atoms with Crippen molar-refractivity contribution in [3.63, 3.8) is 0 Å². The molecule has 2 unspecified atom stereocenters. The van der Waals surface area contributed by atoms with Gasteiger partial charge in [0, 0.05) is 22.9 Å². The fourth-order valence-corrected chi connectivity index (χ4v) is 9.71. The summed E-state index contributed by atoms with van der Waals surface area (Å²) in [6.07, 6.45) is 9.18. The molecular weight excluding hydrogens is 608 g/mol. The van der Waals surface area contributed by atoms with Gasteiger partial charge in [-0.2, -0.15) is 0 Å². The Kier molecular flexibility index (Phi) is 30.5. The minimum absolute atomic E-state index is 0. The van der Waals surface area contributed by atoms with E-state index >= 15 is 0 Å². The van der Waals surface area contributed by atoms with E-state index in [1.54, 1.807) is 0 Å². The van der Waals surface area contributed by atoms with Gasteiger partial charge in [-0.3, -0.25) is 0 Å². The Bertz CT molecular complexity index is 520. The second-order valence-electron chi connectivity index (χ2n) is 10.4. The van der Waals surface area contributed by atoms with Crippen LogP contribution in [0.3, 0.4) is 0 Å². The Morgan fingerprint density at radius 3 is 1.14 bits per heavy atom. The Morgan fingerprint density at radius 2 is 0.886 bits per heavy atom. The molecule has 0 aromatic heterocycles. The summed E-state index contributed by atoms with van der Waals surface area (Å²) in [6, 6.07) is 0. The molecule has 0 rings (SSSR count). The molecule has 0 spiro atoms. The zero-order valence-electron chi connectivity index (χ0n) is 23.7. The zero-order chi connectivity index (χ0) is 26.6. The first kappa shape index (κ1) is 41.9. The summed E-state index contributed by atoms with van der Waals surface area (Å²) in [4.78, 5) is 23.6. The quantitative estimate of drug-likeness (QED) is 0.0734. The van der Waals surface area contributed by atoms with E-state index in [0.717, 1.165) is 49.0 Å². The second-order valence-corrected chi connectivity index (χ2v) is 22.6. The van der Waals surface area contributed by atoms with Gasteiger partial charge in [0.25, 0.3) is 0 Å². The summed E-state index contributed by atoms with van der Waals surface area (Å²) < 4.78 is 10.6. The predicted octanol–water partition coefficient (Wildman–Crippen LogP) is 8.38. The van der Waals surface area contributed by atoms with Gasteiger partial charge in [-0.15, -0.1) is 22.8 Å². The third kappa shape index (κ3) is 36.5. The minimum atomic E-state index is -2.81. The van der Waals surface area contributed by atoms with Gasteiger partial charge in [0.15, 0.2) is 0 Å². The maximum Gasteiger partial charge on any atom is 2.00 e. The maximum atomic E-state index is 11.8. The molecule has 0 bridgehead atoms. The van der Waals surface area contributed by atoms with E-state index in [-0.39, 0.29) is 19.5 Å². The van der Waals surface area contributed by atoms with Crippen LogP contribution in [0.1, 0.15) is 107 Å². The van der Waals surface area contributed by atoms with E-state index in [0.29, 0.717) is 25.0 Å². The van der Waals surface area contributed by atoms with Crippen molar-refractivity contribution >= 4 is 57.8 Å². The van der Waals surface area contributed by atoms with Crippen molar-refractivity contribution in [2.75, 3.05) is 24.7 Å². The molecule has 4 nitrogen and oxygen atoms in total. The molecule has 0 aliphatic rings. The van der Waals surface area contributed by atoms with Gasteiger partial charge < -0.3 is 18.8 Å². The molecule has 0 aliphatic carbocycles. The van der Waals surface area contributed by atoms with Crippen LogP contribution in [0, 0.1) is 23.7 Å². The van der Waals surface area contributed by atoms with Crippen LogP contribution in [0.15, 0.2) is 0 Å². The normalized spacial score (nSPS) is 15.0. The summed E-state index contributed by atoms with van der Waals surface area (Å²) in [7, 11) is 0. The van der Waals surface area contributed by atoms with Gasteiger partial charge in [0.2, 0.25) is 0 Å². The fourth-order valence-electron chi connectivity index (χ4n) is 2.57. The topological polar surface area (TPSA) is 64.6 Å². The summed E-state index contributed by atoms with van der Waals surface area (Å²) in [5.74, 6) is 4.17. The molecular formula is C24H52O4P2S4Zn. The van der Waals surface area contributed by atoms with E-state index in [2.05, 4.69) is 55.4 Å². The van der Waals surface area contributed by atoms with E-state index in [4.69, 9.17) is 32.7 Å². The molecule has 0 aromatic carbocycles. The average Bonchev–Trinajstić information content (AvgIpc) is 2.70. The van der Waals surface area contributed by atoms with E-state index in [9.17, 15) is 9.79 Å². The van der Waals surface area contributed by atoms with Crippen molar-refractivity contribution in [2.24, 2.45) is 23.7 Å². The van der Waals surface area contributed by atoms with Gasteiger partial charge in [-0.25, -0.2) is 0 Å². The summed E-state index contributed by atoms with van der Waals surface area (Å²) in [6.45, 7) is 18.4. The smallest absolute Gasteiger partial charge is 0.793 e. The Labute approximate surface area is 249 Å². The largest absolute Gasteiger partial charge is 2.00 e. The average molecular weight is 660 g/mol. The van der Waals surface area contributed by atoms with Crippen LogP contribution >= 0.6 is 34.2 Å². The van der Waals surface area contributed by atoms with Crippen LogP contribution in [0.2, 0.25) is 0 Å². The van der Waals surface area contributed by atoms with Crippen molar-refractivity contribution in [3.8, 4) is 0 Å². The molecule has 0 radical (unpaired) electrons. The van der Waals surface area contributed by atoms with Crippen LogP contribution in [0.25, 0.3) is 0 Å². The SMILES string of the molecule is CC(C)CCCCCOP([O-])(=S)SCC(C)C.CC(C)CCCCCOP([O-])(=S)SCC(C)C.[Zn+2]. The molecule has 0 aliphatic heterocycles. The molecule has 11 heteroatoms. The number of unbranched alkanes of at least 4 members (excludes halogenated alkanes) is 4. The molecule has 0 saturated carbocycles. The number of rotatable bonds is 20. The van der Waals surface area contributed by atoms with Crippen LogP contribution in [0.5, 0.6) is 0 Å². The van der Waals surface area contributed by atoms with E-state index in [1.807, 2.05) is 0 Å². The van der Waals surface area contributed by atoms with Gasteiger partial charge in [0.1, 0.15) is 0 Å². The Hall–Kier alpha value is 2.46. The first-order valence-electron chi connectivity index (χ1n) is 12.9. The molecule has 0 N–H and O–H groups in total. The minimum Gasteiger partial charge on any atom is -0.793 e. The standard InChI is InChI=1S/2C12H27O2PS2.Zn/c2*1-11(2)8-6-5-7-9-14-15(13,16)17-10-12(3)4;/h2*11-12H,5-10H2,1-4H3,(H,13,16);/q;;+2/p-2. The molecule has 2 atom stereocenters. The molecule has 35 heavy (non-hydrogen) atoms. The number of hydrogen-bond acceptors (Lipinski definition) is 8. The predicted molar refractivity (Wildman–Crippen MR) is 162 cm³/mol. The first-order valence-corrected chi connectivity index (χ1v) is 21.3. The van der Waals surface area contributed by atoms with E-state index < -0.39 is 11.4 Å². The number of hydrogen-bond donors (Lipinski definition) is 0. The van der Waals surface area contributed by atoms with Gasteiger partial charge in [-0.1, -0.05) is 118 Å². The molecule has 0 saturated heterocycles. The van der Waals surface area contributed by atoms with Gasteiger partial charge >= 0.3 is 19.5 Å². The molecule has 0 amide bonds. The monoisotopic (exact) mass is 658 g/mol. The Morgan fingerprint density at radius 1 is 0.571 bits per heavy atom. The summed E-state index contributed by atoms with van der Waals surface area (Å²) in [5.41, 5.74) is -5.63. The van der Waals surface area contributed by atoms with Gasteiger partial charge in [0.05, 0.1) is 13.2 Å². The van der Waals surface area contributed by atoms with Crippen LogP contribution in [-0.2, 0) is 52.1 Å². The summed E-state index contributed by atoms with van der Waals surface area (Å²) in [5, 5.41) is 0. The van der Waals surface area contributed by atoms with Gasteiger partial charge in [-0.05, 0) is 36.5 Å². The van der Waals surface area contributed by atoms with Crippen molar-refractivity contribution in [3.05, 3.63) is 0 Å². The molecule has 0 fully saturated rings. The third-order valence-corrected chi connectivity index (χ3v) is 13.7. The maximum absolute atomic E-state index is 11.8. The van der Waals surface area contributed by atoms with Crippen molar-refractivity contribution in [2.45, 2.75) is 107 Å². The molecule has 208 valence electrons. The first-order chi connectivity index (χ1) is 15.7. The van der Waals surface area contributed by atoms with Crippen molar-refractivity contribution in [1.29, 1.82) is 0 Å².